The Bertz CT molecular complexity index is 689. The molecule has 0 unspecified atom stereocenters. The summed E-state index contributed by atoms with van der Waals surface area (Å²) in [6, 6.07) is 5.34. The van der Waals surface area contributed by atoms with Gasteiger partial charge in [-0.3, -0.25) is 4.79 Å². The number of amides is 1. The molecule has 3 N–H and O–H groups in total. The van der Waals surface area contributed by atoms with Crippen molar-refractivity contribution in [3.05, 3.63) is 29.7 Å². The number of rotatable bonds is 2. The third-order valence-electron chi connectivity index (χ3n) is 4.67. The minimum atomic E-state index is -0.475. The van der Waals surface area contributed by atoms with Crippen LogP contribution in [0.5, 0.6) is 0 Å². The van der Waals surface area contributed by atoms with Gasteiger partial charge in [0.1, 0.15) is 5.52 Å². The van der Waals surface area contributed by atoms with Crippen molar-refractivity contribution in [2.75, 3.05) is 6.54 Å². The molecule has 0 spiro atoms. The normalized spacial score (nSPS) is 28.9. The summed E-state index contributed by atoms with van der Waals surface area (Å²) in [7, 11) is 0. The van der Waals surface area contributed by atoms with E-state index in [0.717, 1.165) is 25.3 Å². The highest BCUT2D eigenvalue weighted by molar-refractivity contribution is 6.03. The van der Waals surface area contributed by atoms with Crippen LogP contribution < -0.4 is 11.1 Å². The predicted molar refractivity (Wildman–Crippen MR) is 74.2 cm³/mol. The molecule has 2 aromatic rings. The van der Waals surface area contributed by atoms with Crippen molar-refractivity contribution in [1.29, 1.82) is 0 Å². The molecule has 2 bridgehead atoms. The molecule has 0 radical (unpaired) electrons. The minimum Gasteiger partial charge on any atom is -0.438 e. The van der Waals surface area contributed by atoms with E-state index in [1.54, 1.807) is 12.1 Å². The van der Waals surface area contributed by atoms with Crippen LogP contribution in [0.4, 0.5) is 0 Å². The van der Waals surface area contributed by atoms with Crippen LogP contribution in [-0.2, 0) is 5.54 Å². The van der Waals surface area contributed by atoms with Gasteiger partial charge in [-0.15, -0.1) is 0 Å². The number of nitrogens with one attached hydrogen (secondary N) is 1. The Morgan fingerprint density at radius 2 is 2.40 bits per heavy atom. The average molecular weight is 271 g/mol. The number of aromatic nitrogens is 1. The van der Waals surface area contributed by atoms with Crippen LogP contribution in [0.25, 0.3) is 11.1 Å². The predicted octanol–water partition coefficient (Wildman–Crippen LogP) is 1.92. The Kier molecular flexibility index (Phi) is 2.41. The van der Waals surface area contributed by atoms with Crippen LogP contribution in [0, 0.1) is 5.92 Å². The van der Waals surface area contributed by atoms with Crippen LogP contribution in [0.15, 0.2) is 22.6 Å². The zero-order chi connectivity index (χ0) is 13.7. The molecule has 4 rings (SSSR count). The Hall–Kier alpha value is -1.88. The highest BCUT2D eigenvalue weighted by atomic mass is 16.4. The number of para-hydroxylation sites is 1. The zero-order valence-corrected chi connectivity index (χ0v) is 11.2. The first-order chi connectivity index (χ1) is 9.68. The molecule has 2 atom stereocenters. The second-order valence-electron chi connectivity index (χ2n) is 5.96. The molecule has 104 valence electrons. The van der Waals surface area contributed by atoms with Crippen LogP contribution in [-0.4, -0.2) is 17.4 Å². The van der Waals surface area contributed by atoms with Crippen molar-refractivity contribution >= 4 is 17.0 Å². The lowest BCUT2D eigenvalue weighted by Crippen LogP contribution is -2.37. The van der Waals surface area contributed by atoms with Gasteiger partial charge in [0.05, 0.1) is 11.1 Å². The van der Waals surface area contributed by atoms with E-state index in [-0.39, 0.29) is 5.54 Å². The number of hydrogen-bond donors (Lipinski definition) is 2. The first-order valence-electron chi connectivity index (χ1n) is 7.13. The van der Waals surface area contributed by atoms with E-state index in [0.29, 0.717) is 22.6 Å². The van der Waals surface area contributed by atoms with Gasteiger partial charge in [0.2, 0.25) is 5.89 Å². The van der Waals surface area contributed by atoms with Gasteiger partial charge < -0.3 is 15.5 Å². The lowest BCUT2D eigenvalue weighted by molar-refractivity contribution is 0.100. The van der Waals surface area contributed by atoms with Crippen molar-refractivity contribution in [3.8, 4) is 0 Å². The number of nitrogens with zero attached hydrogens (tertiary/aromatic N) is 1. The van der Waals surface area contributed by atoms with Crippen molar-refractivity contribution < 1.29 is 9.21 Å². The third kappa shape index (κ3) is 1.59. The third-order valence-corrected chi connectivity index (χ3v) is 4.67. The van der Waals surface area contributed by atoms with E-state index >= 15 is 0 Å². The molecule has 1 amide bonds. The monoisotopic (exact) mass is 271 g/mol. The van der Waals surface area contributed by atoms with Gasteiger partial charge in [0.15, 0.2) is 5.58 Å². The number of primary amides is 1. The van der Waals surface area contributed by atoms with E-state index in [9.17, 15) is 4.79 Å². The first kappa shape index (κ1) is 11.9. The molecular formula is C15H17N3O2. The van der Waals surface area contributed by atoms with E-state index in [1.165, 1.54) is 12.8 Å². The summed E-state index contributed by atoms with van der Waals surface area (Å²) in [4.78, 5) is 16.1. The van der Waals surface area contributed by atoms with Crippen LogP contribution in [0.3, 0.4) is 0 Å². The maximum Gasteiger partial charge on any atom is 0.252 e. The molecule has 20 heavy (non-hydrogen) atoms. The van der Waals surface area contributed by atoms with Gasteiger partial charge in [-0.2, -0.15) is 0 Å². The Morgan fingerprint density at radius 3 is 3.25 bits per heavy atom. The number of carbonyl (C=O) groups is 1. The first-order valence-corrected chi connectivity index (χ1v) is 7.13. The maximum atomic E-state index is 11.5. The van der Waals surface area contributed by atoms with Crippen molar-refractivity contribution in [3.63, 3.8) is 0 Å². The van der Waals surface area contributed by atoms with Gasteiger partial charge in [-0.25, -0.2) is 4.98 Å². The molecule has 2 fully saturated rings. The maximum absolute atomic E-state index is 11.5. The van der Waals surface area contributed by atoms with Gasteiger partial charge >= 0.3 is 0 Å². The fourth-order valence-corrected chi connectivity index (χ4v) is 3.68. The quantitative estimate of drug-likeness (QED) is 0.874. The van der Waals surface area contributed by atoms with Crippen LogP contribution in [0.1, 0.15) is 41.9 Å². The summed E-state index contributed by atoms with van der Waals surface area (Å²) in [5.74, 6) is 0.953. The molecule has 2 aliphatic rings. The molecular weight excluding hydrogens is 254 g/mol. The minimum absolute atomic E-state index is 0.142. The largest absolute Gasteiger partial charge is 0.438 e. The van der Waals surface area contributed by atoms with Gasteiger partial charge in [0, 0.05) is 0 Å². The number of benzene rings is 1. The zero-order valence-electron chi connectivity index (χ0n) is 11.2. The van der Waals surface area contributed by atoms with E-state index in [4.69, 9.17) is 10.2 Å². The van der Waals surface area contributed by atoms with E-state index < -0.39 is 5.91 Å². The molecule has 1 aromatic carbocycles. The van der Waals surface area contributed by atoms with E-state index in [1.807, 2.05) is 6.07 Å². The SMILES string of the molecule is NC(=O)c1cccc2nc([C@@]34CCC[C@H](CN3)C4)oc12. The molecule has 1 aliphatic heterocycles. The molecule has 1 saturated carbocycles. The smallest absolute Gasteiger partial charge is 0.252 e. The fourth-order valence-electron chi connectivity index (χ4n) is 3.68. The molecule has 1 saturated heterocycles. The van der Waals surface area contributed by atoms with Crippen LogP contribution >= 0.6 is 0 Å². The highest BCUT2D eigenvalue weighted by Crippen LogP contribution is 2.44. The number of fused-ring (bicyclic) bond motifs is 3. The Balaban J connectivity index is 1.85. The van der Waals surface area contributed by atoms with Crippen molar-refractivity contribution in [2.24, 2.45) is 11.7 Å². The second kappa shape index (κ2) is 4.06. The Morgan fingerprint density at radius 1 is 1.50 bits per heavy atom. The topological polar surface area (TPSA) is 81.2 Å². The van der Waals surface area contributed by atoms with Crippen LogP contribution in [0.2, 0.25) is 0 Å². The summed E-state index contributed by atoms with van der Waals surface area (Å²) in [6.45, 7) is 1.03. The second-order valence-corrected chi connectivity index (χ2v) is 5.96. The molecule has 2 heterocycles. The van der Waals surface area contributed by atoms with Crippen molar-refractivity contribution in [2.45, 2.75) is 31.2 Å². The molecule has 5 heteroatoms. The van der Waals surface area contributed by atoms with Crippen molar-refractivity contribution in [1.82, 2.24) is 10.3 Å². The summed E-state index contributed by atoms with van der Waals surface area (Å²) >= 11 is 0. The number of oxazole rings is 1. The number of carbonyl (C=O) groups excluding carboxylic acids is 1. The van der Waals surface area contributed by atoms with Gasteiger partial charge in [-0.1, -0.05) is 12.5 Å². The molecule has 1 aromatic heterocycles. The van der Waals surface area contributed by atoms with Gasteiger partial charge in [0.25, 0.3) is 5.91 Å². The number of hydrogen-bond acceptors (Lipinski definition) is 4. The fraction of sp³-hybridized carbons (Fsp3) is 0.467. The summed E-state index contributed by atoms with van der Waals surface area (Å²) in [5.41, 5.74) is 6.89. The van der Waals surface area contributed by atoms with E-state index in [2.05, 4.69) is 10.3 Å². The molecule has 5 nitrogen and oxygen atoms in total. The highest BCUT2D eigenvalue weighted by Gasteiger charge is 2.46. The Labute approximate surface area is 116 Å². The standard InChI is InChI=1S/C15H17N3O2/c16-13(19)10-4-1-5-11-12(10)20-14(18-11)15-6-2-3-9(7-15)8-17-15/h1,4-5,9,17H,2-3,6-8H2,(H2,16,19)/t9-,15-/m0/s1. The summed E-state index contributed by atoms with van der Waals surface area (Å²) in [6.07, 6.45) is 4.59. The summed E-state index contributed by atoms with van der Waals surface area (Å²) in [5, 5.41) is 3.59. The molecule has 1 aliphatic carbocycles. The average Bonchev–Trinajstić information content (AvgIpc) is 3.00. The number of nitrogens with two attached hydrogens (primary N) is 1. The lowest BCUT2D eigenvalue weighted by Gasteiger charge is -2.29. The summed E-state index contributed by atoms with van der Waals surface area (Å²) < 4.78 is 5.95. The lowest BCUT2D eigenvalue weighted by atomic mass is 9.80. The van der Waals surface area contributed by atoms with Gasteiger partial charge in [-0.05, 0) is 43.9 Å².